The van der Waals surface area contributed by atoms with E-state index in [1.165, 1.54) is 0 Å². The molecule has 0 aliphatic carbocycles. The third kappa shape index (κ3) is 41.3. The molecule has 0 heterocycles. The molecule has 0 amide bonds. The highest BCUT2D eigenvalue weighted by Gasteiger charge is 0.899. The highest BCUT2D eigenvalue weighted by atomic mass is 35.5. The van der Waals surface area contributed by atoms with Gasteiger partial charge in [-0.3, -0.25) is 9.32 Å². The molecular formula is H7AlCl2MgO2. The van der Waals surface area contributed by atoms with Crippen molar-refractivity contribution in [2.75, 3.05) is 0 Å². The summed E-state index contributed by atoms with van der Waals surface area (Å²) < 4.78 is 12.9. The van der Waals surface area contributed by atoms with E-state index >= 15 is 0 Å². The van der Waals surface area contributed by atoms with E-state index in [0.29, 0.717) is 0 Å². The van der Waals surface area contributed by atoms with Gasteiger partial charge in [0.05, 0.1) is 23.7 Å². The molecular weight excluding hydrogens is 154 g/mol. The van der Waals surface area contributed by atoms with Crippen molar-refractivity contribution in [1.82, 2.24) is 0 Å². The maximum absolute atomic E-state index is 6.47. The van der Waals surface area contributed by atoms with Crippen LogP contribution in [0.1, 0.15) is 0 Å². The van der Waals surface area contributed by atoms with E-state index in [-0.39, 0.29) is 40.4 Å². The van der Waals surface area contributed by atoms with Crippen LogP contribution in [0.25, 0.3) is 0 Å². The van der Waals surface area contributed by atoms with Crippen LogP contribution in [-0.4, -0.2) is 49.7 Å². The summed E-state index contributed by atoms with van der Waals surface area (Å²) in [7, 11) is 0. The van der Waals surface area contributed by atoms with Crippen LogP contribution in [-0.2, 0) is 0 Å². The molecule has 6 heavy (non-hydrogen) atoms. The quantitative estimate of drug-likeness (QED) is 0.410. The van der Waals surface area contributed by atoms with Crippen LogP contribution in [0.5, 0.6) is 0 Å². The molecule has 0 fully saturated rings. The second-order valence-electron chi connectivity index (χ2n) is 0. The van der Waals surface area contributed by atoms with Gasteiger partial charge in [0.2, 0.25) is 0 Å². The summed E-state index contributed by atoms with van der Waals surface area (Å²) in [6.45, 7) is 0. The van der Waals surface area contributed by atoms with Crippen molar-refractivity contribution in [2.24, 2.45) is 0 Å². The average molecular weight is 161 g/mol. The summed E-state index contributed by atoms with van der Waals surface area (Å²) in [5.41, 5.74) is 0. The molecule has 38 valence electrons. The third-order valence-corrected chi connectivity index (χ3v) is 0. The van der Waals surface area contributed by atoms with Gasteiger partial charge >= 0.3 is 23.1 Å². The minimum atomic E-state index is 0. The molecule has 2 nitrogen and oxygen atoms in total. The molecule has 0 saturated heterocycles. The van der Waals surface area contributed by atoms with Gasteiger partial charge in [-0.05, 0) is 0 Å². The van der Waals surface area contributed by atoms with E-state index in [9.17, 15) is 0 Å². The van der Waals surface area contributed by atoms with Crippen LogP contribution in [0.2, 0.25) is 0 Å². The van der Waals surface area contributed by atoms with Crippen LogP contribution in [0.15, 0.2) is 0 Å². The molecule has 0 atom stereocenters. The van der Waals surface area contributed by atoms with Gasteiger partial charge in [-0.25, -0.2) is 0 Å². The Morgan fingerprint density at radius 2 is 0.833 bits per heavy atom. The molecule has 0 spiro atoms. The largest absolute Gasteiger partial charge is 0.316 e. The summed E-state index contributed by atoms with van der Waals surface area (Å²) in [5.74, 6) is 0. The Balaban J connectivity index is -0.00000000500. The Morgan fingerprint density at radius 3 is 0.833 bits per heavy atom. The van der Waals surface area contributed by atoms with Gasteiger partial charge in [0.25, 0.3) is 0 Å². The number of halogens is 2. The van der Waals surface area contributed by atoms with Crippen LogP contribution >= 0.6 is 23.7 Å². The molecule has 0 rings (SSSR count). The SMILES string of the molecule is OCl.OCl.[AlH3].[MgH2]. The fourth-order valence-electron chi connectivity index (χ4n) is 0. The van der Waals surface area contributed by atoms with Gasteiger partial charge in [-0.2, -0.15) is 0 Å². The molecule has 6 heteroatoms. The molecule has 0 saturated carbocycles. The first-order chi connectivity index (χ1) is 2.00. The maximum Gasteiger partial charge on any atom is 0.316 e. The molecule has 0 unspecified atom stereocenters. The smallest absolute Gasteiger partial charge is 0.295 e. The highest BCUT2D eigenvalue weighted by molar-refractivity contribution is 6.05. The van der Waals surface area contributed by atoms with E-state index < -0.39 is 0 Å². The summed E-state index contributed by atoms with van der Waals surface area (Å²) in [5, 5.41) is 0. The first-order valence-electron chi connectivity index (χ1n) is 0.338. The van der Waals surface area contributed by atoms with Gasteiger partial charge in [0, 0.05) is 0 Å². The van der Waals surface area contributed by atoms with Crippen molar-refractivity contribution in [3.8, 4) is 0 Å². The maximum atomic E-state index is 6.47. The first kappa shape index (κ1) is 25.0. The van der Waals surface area contributed by atoms with Gasteiger partial charge in [-0.15, -0.1) is 0 Å². The summed E-state index contributed by atoms with van der Waals surface area (Å²) >= 11 is 7.28. The molecule has 0 aromatic heterocycles. The lowest BCUT2D eigenvalue weighted by Gasteiger charge is -1.13. The van der Waals surface area contributed by atoms with Crippen molar-refractivity contribution < 1.29 is 9.32 Å². The van der Waals surface area contributed by atoms with Crippen LogP contribution in [0.3, 0.4) is 0 Å². The van der Waals surface area contributed by atoms with E-state index in [1.54, 1.807) is 0 Å². The lowest BCUT2D eigenvalue weighted by atomic mass is 15.9. The van der Waals surface area contributed by atoms with Gasteiger partial charge in [-0.1, -0.05) is 0 Å². The number of hydrogen-bond acceptors (Lipinski definition) is 2. The predicted molar refractivity (Wildman–Crippen MR) is 34.6 cm³/mol. The molecule has 0 aliphatic rings. The highest BCUT2D eigenvalue weighted by Crippen LogP contribution is 1.32. The lowest BCUT2D eigenvalue weighted by Crippen LogP contribution is -0.913. The molecule has 0 bridgehead atoms. The van der Waals surface area contributed by atoms with Crippen molar-refractivity contribution in [3.05, 3.63) is 0 Å². The number of rotatable bonds is 0. The van der Waals surface area contributed by atoms with Gasteiger partial charge < -0.3 is 0 Å². The summed E-state index contributed by atoms with van der Waals surface area (Å²) in [4.78, 5) is 0. The van der Waals surface area contributed by atoms with Crippen LogP contribution in [0.4, 0.5) is 0 Å². The zero-order valence-corrected chi connectivity index (χ0v) is 3.16. The average Bonchev–Trinajstić information content (AvgIpc) is 1.50. The minimum Gasteiger partial charge on any atom is -0.295 e. The molecule has 0 aromatic rings. The van der Waals surface area contributed by atoms with Crippen molar-refractivity contribution in [1.29, 1.82) is 0 Å². The Hall–Kier alpha value is 1.80. The van der Waals surface area contributed by atoms with Crippen LogP contribution in [0, 0.1) is 0 Å². The topological polar surface area (TPSA) is 40.5 Å². The molecule has 0 aromatic carbocycles. The third-order valence-electron chi connectivity index (χ3n) is 0. The van der Waals surface area contributed by atoms with E-state index in [2.05, 4.69) is 23.7 Å². The van der Waals surface area contributed by atoms with Crippen molar-refractivity contribution in [3.63, 3.8) is 0 Å². The van der Waals surface area contributed by atoms with Gasteiger partial charge in [0.15, 0.2) is 17.4 Å². The zero-order valence-electron chi connectivity index (χ0n) is 1.65. The lowest BCUT2D eigenvalue weighted by molar-refractivity contribution is 0.632. The Bertz CT molecular complexity index is 11.5. The Morgan fingerprint density at radius 1 is 0.833 bits per heavy atom. The predicted octanol–water partition coefficient (Wildman–Crippen LogP) is -1.84. The van der Waals surface area contributed by atoms with E-state index in [1.807, 2.05) is 0 Å². The molecule has 0 radical (unpaired) electrons. The normalized spacial score (nSPS) is 2.00. The van der Waals surface area contributed by atoms with Crippen molar-refractivity contribution in [2.45, 2.75) is 0 Å². The van der Waals surface area contributed by atoms with Gasteiger partial charge in [0.1, 0.15) is 0 Å². The van der Waals surface area contributed by atoms with E-state index in [4.69, 9.17) is 9.32 Å². The fraction of sp³-hybridized carbons (Fsp3) is 0. The zero-order chi connectivity index (χ0) is 4.00. The Kier molecular flexibility index (Phi) is 294. The second kappa shape index (κ2) is 70.7. The monoisotopic (exact) mass is 160 g/mol. The Labute approximate surface area is 73.1 Å². The summed E-state index contributed by atoms with van der Waals surface area (Å²) in [6.07, 6.45) is 0. The van der Waals surface area contributed by atoms with Crippen molar-refractivity contribution >= 4 is 64.1 Å². The second-order valence-corrected chi connectivity index (χ2v) is 0. The summed E-state index contributed by atoms with van der Waals surface area (Å²) in [6, 6.07) is 0. The molecule has 2 N–H and O–H groups in total. The molecule has 0 aliphatic heterocycles. The fourth-order valence-corrected chi connectivity index (χ4v) is 0. The standard InChI is InChI=1S/Al.2ClHO.Mg.5H/c;2*1-2;;;;;;/h;2*2H;;;;;;. The first-order valence-corrected chi connectivity index (χ1v) is 1.01. The van der Waals surface area contributed by atoms with E-state index in [0.717, 1.165) is 0 Å². The minimum absolute atomic E-state index is 0. The number of hydrogen-bond donors (Lipinski definition) is 2. The van der Waals surface area contributed by atoms with Crippen LogP contribution < -0.4 is 0 Å².